The summed E-state index contributed by atoms with van der Waals surface area (Å²) in [5.41, 5.74) is 10.0. The summed E-state index contributed by atoms with van der Waals surface area (Å²) in [5.74, 6) is 0. The number of fused-ring (bicyclic) bond motifs is 1. The Morgan fingerprint density at radius 2 is 1.40 bits per heavy atom. The van der Waals surface area contributed by atoms with Crippen LogP contribution in [0.15, 0.2) is 139 Å². The zero-order chi connectivity index (χ0) is 29.3. The monoisotopic (exact) mass is 562 g/mol. The molecule has 1 atom stereocenters. The highest BCUT2D eigenvalue weighted by atomic mass is 16.6. The van der Waals surface area contributed by atoms with E-state index in [-0.39, 0.29) is 16.7 Å². The Kier molecular flexibility index (Phi) is 6.79. The summed E-state index contributed by atoms with van der Waals surface area (Å²) in [6.07, 6.45) is 0.658. The summed E-state index contributed by atoms with van der Waals surface area (Å²) in [6, 6.07) is 44.9. The van der Waals surface area contributed by atoms with Gasteiger partial charge < -0.3 is 4.57 Å². The van der Waals surface area contributed by atoms with E-state index in [1.165, 1.54) is 33.3 Å². The van der Waals surface area contributed by atoms with Crippen LogP contribution in [0.2, 0.25) is 0 Å². The number of non-ortho nitro benzene ring substituents is 1. The summed E-state index contributed by atoms with van der Waals surface area (Å²) in [7, 11) is 0. The molecule has 43 heavy (non-hydrogen) atoms. The molecule has 0 amide bonds. The van der Waals surface area contributed by atoms with E-state index < -0.39 is 0 Å². The molecule has 1 unspecified atom stereocenters. The normalized spacial score (nSPS) is 14.7. The van der Waals surface area contributed by atoms with Crippen LogP contribution >= 0.6 is 0 Å². The molecule has 1 aliphatic heterocycles. The highest BCUT2D eigenvalue weighted by Crippen LogP contribution is 2.46. The third kappa shape index (κ3) is 4.97. The topological polar surface area (TPSA) is 63.7 Å². The number of rotatable bonds is 7. The van der Waals surface area contributed by atoms with Crippen LogP contribution in [0.5, 0.6) is 0 Å². The first-order valence-electron chi connectivity index (χ1n) is 14.5. The molecule has 7 rings (SSSR count). The average molecular weight is 563 g/mol. The summed E-state index contributed by atoms with van der Waals surface area (Å²) >= 11 is 0. The largest absolute Gasteiger partial charge is 0.336 e. The molecule has 6 aromatic rings. The third-order valence-corrected chi connectivity index (χ3v) is 8.19. The number of aryl methyl sites for hydroxylation is 1. The summed E-state index contributed by atoms with van der Waals surface area (Å²) < 4.78 is 2.44. The maximum absolute atomic E-state index is 11.3. The van der Waals surface area contributed by atoms with Gasteiger partial charge in [-0.05, 0) is 53.9 Å². The molecule has 0 saturated heterocycles. The molecule has 0 bridgehead atoms. The highest BCUT2D eigenvalue weighted by Gasteiger charge is 2.35. The smallest absolute Gasteiger partial charge is 0.269 e. The molecule has 6 heteroatoms. The van der Waals surface area contributed by atoms with Gasteiger partial charge in [-0.2, -0.15) is 5.10 Å². The van der Waals surface area contributed by atoms with Crippen molar-refractivity contribution in [2.75, 3.05) is 5.01 Å². The Morgan fingerprint density at radius 1 is 0.767 bits per heavy atom. The van der Waals surface area contributed by atoms with E-state index >= 15 is 0 Å². The minimum Gasteiger partial charge on any atom is -0.336 e. The molecule has 0 N–H and O–H groups in total. The maximum Gasteiger partial charge on any atom is 0.269 e. The number of hydrazone groups is 1. The van der Waals surface area contributed by atoms with Gasteiger partial charge in [0.05, 0.1) is 28.1 Å². The van der Waals surface area contributed by atoms with Gasteiger partial charge in [0.2, 0.25) is 0 Å². The van der Waals surface area contributed by atoms with E-state index in [9.17, 15) is 10.1 Å². The van der Waals surface area contributed by atoms with Crippen molar-refractivity contribution in [3.8, 4) is 11.3 Å². The fraction of sp³-hybridized carbons (Fsp3) is 0.108. The number of nitro benzene ring substituents is 1. The van der Waals surface area contributed by atoms with Crippen molar-refractivity contribution in [2.24, 2.45) is 5.10 Å². The van der Waals surface area contributed by atoms with Crippen LogP contribution in [0, 0.1) is 17.0 Å². The third-order valence-electron chi connectivity index (χ3n) is 8.19. The molecular weight excluding hydrogens is 532 g/mol. The molecule has 6 nitrogen and oxygen atoms in total. The molecule has 0 saturated carbocycles. The molecular formula is C37H30N4O2. The van der Waals surface area contributed by atoms with Gasteiger partial charge in [0.25, 0.3) is 5.69 Å². The van der Waals surface area contributed by atoms with Crippen LogP contribution < -0.4 is 5.01 Å². The summed E-state index contributed by atoms with van der Waals surface area (Å²) in [4.78, 5) is 11.0. The average Bonchev–Trinajstić information content (AvgIpc) is 3.62. The lowest BCUT2D eigenvalue weighted by Crippen LogP contribution is -2.19. The Morgan fingerprint density at radius 3 is 2.09 bits per heavy atom. The quantitative estimate of drug-likeness (QED) is 0.144. The van der Waals surface area contributed by atoms with Crippen LogP contribution in [0.1, 0.15) is 34.7 Å². The van der Waals surface area contributed by atoms with Crippen molar-refractivity contribution < 1.29 is 4.92 Å². The fourth-order valence-corrected chi connectivity index (χ4v) is 6.12. The van der Waals surface area contributed by atoms with Gasteiger partial charge in [-0.3, -0.25) is 15.1 Å². The Balaban J connectivity index is 1.44. The van der Waals surface area contributed by atoms with Gasteiger partial charge >= 0.3 is 0 Å². The first-order chi connectivity index (χ1) is 21.1. The Hall–Kier alpha value is -5.49. The molecule has 0 radical (unpaired) electrons. The number of benzene rings is 5. The SMILES string of the molecule is Cc1ccc(-c2c(C3CC(c4ccc([N+](=O)[O-])cc4)=NN3c3ccccc3)c3ccccc3n2Cc2ccccc2)cc1. The van der Waals surface area contributed by atoms with E-state index in [1.807, 2.05) is 30.3 Å². The van der Waals surface area contributed by atoms with Crippen molar-refractivity contribution in [1.29, 1.82) is 0 Å². The number of aromatic nitrogens is 1. The van der Waals surface area contributed by atoms with Crippen LogP contribution in [-0.2, 0) is 6.54 Å². The van der Waals surface area contributed by atoms with Crippen LogP contribution in [-0.4, -0.2) is 15.2 Å². The molecule has 2 heterocycles. The van der Waals surface area contributed by atoms with E-state index in [1.54, 1.807) is 12.1 Å². The first kappa shape index (κ1) is 26.4. The zero-order valence-electron chi connectivity index (χ0n) is 23.8. The second-order valence-corrected chi connectivity index (χ2v) is 11.0. The van der Waals surface area contributed by atoms with Gasteiger partial charge in [-0.1, -0.05) is 96.6 Å². The summed E-state index contributed by atoms with van der Waals surface area (Å²) in [6.45, 7) is 2.85. The van der Waals surface area contributed by atoms with Crippen molar-refractivity contribution in [1.82, 2.24) is 4.57 Å². The zero-order valence-corrected chi connectivity index (χ0v) is 23.8. The fourth-order valence-electron chi connectivity index (χ4n) is 6.12. The molecule has 210 valence electrons. The Bertz CT molecular complexity index is 1940. The minimum atomic E-state index is -0.366. The number of anilines is 1. The predicted octanol–water partition coefficient (Wildman–Crippen LogP) is 8.93. The van der Waals surface area contributed by atoms with E-state index in [2.05, 4.69) is 107 Å². The lowest BCUT2D eigenvalue weighted by atomic mass is 9.93. The van der Waals surface area contributed by atoms with Gasteiger partial charge in [0.1, 0.15) is 0 Å². The predicted molar refractivity (Wildman–Crippen MR) is 174 cm³/mol. The van der Waals surface area contributed by atoms with Crippen molar-refractivity contribution in [2.45, 2.75) is 25.9 Å². The molecule has 0 fully saturated rings. The second-order valence-electron chi connectivity index (χ2n) is 11.0. The lowest BCUT2D eigenvalue weighted by Gasteiger charge is -2.25. The van der Waals surface area contributed by atoms with E-state index in [0.29, 0.717) is 6.42 Å². The van der Waals surface area contributed by atoms with E-state index in [4.69, 9.17) is 5.10 Å². The van der Waals surface area contributed by atoms with Gasteiger partial charge in [0.15, 0.2) is 0 Å². The number of hydrogen-bond acceptors (Lipinski definition) is 4. The van der Waals surface area contributed by atoms with Crippen LogP contribution in [0.4, 0.5) is 11.4 Å². The van der Waals surface area contributed by atoms with E-state index in [0.717, 1.165) is 29.1 Å². The molecule has 1 aromatic heterocycles. The molecule has 0 spiro atoms. The standard InChI is InChI=1S/C37H30N4O2/c1-26-16-18-29(19-17-26)37-36(32-14-8-9-15-34(32)39(37)25-27-10-4-2-5-11-27)35-24-33(28-20-22-31(23-21-28)41(42)43)38-40(35)30-12-6-3-7-13-30/h2-23,35H,24-25H2,1H3. The number of para-hydroxylation sites is 2. The number of hydrogen-bond donors (Lipinski definition) is 0. The van der Waals surface area contributed by atoms with Crippen LogP contribution in [0.3, 0.4) is 0 Å². The Labute approximate surface area is 250 Å². The molecule has 1 aliphatic rings. The highest BCUT2D eigenvalue weighted by molar-refractivity contribution is 6.04. The molecule has 5 aromatic carbocycles. The van der Waals surface area contributed by atoms with Gasteiger partial charge in [-0.15, -0.1) is 0 Å². The number of nitrogens with zero attached hydrogens (tertiary/aromatic N) is 4. The van der Waals surface area contributed by atoms with Gasteiger partial charge in [0, 0.05) is 41.6 Å². The lowest BCUT2D eigenvalue weighted by molar-refractivity contribution is -0.384. The second kappa shape index (κ2) is 11.1. The van der Waals surface area contributed by atoms with Crippen molar-refractivity contribution in [3.05, 3.63) is 166 Å². The van der Waals surface area contributed by atoms with Gasteiger partial charge in [-0.25, -0.2) is 0 Å². The number of nitro groups is 1. The van der Waals surface area contributed by atoms with Crippen LogP contribution in [0.25, 0.3) is 22.2 Å². The summed E-state index contributed by atoms with van der Waals surface area (Å²) in [5, 5.41) is 19.8. The first-order valence-corrected chi connectivity index (χ1v) is 14.5. The minimum absolute atomic E-state index is 0.0736. The van der Waals surface area contributed by atoms with Crippen molar-refractivity contribution in [3.63, 3.8) is 0 Å². The maximum atomic E-state index is 11.3. The molecule has 0 aliphatic carbocycles. The van der Waals surface area contributed by atoms with Crippen molar-refractivity contribution >= 4 is 28.0 Å².